The monoisotopic (exact) mass is 317 g/mol. The summed E-state index contributed by atoms with van der Waals surface area (Å²) in [5.74, 6) is 0.528. The Labute approximate surface area is 131 Å². The Kier molecular flexibility index (Phi) is 3.83. The summed E-state index contributed by atoms with van der Waals surface area (Å²) >= 11 is 0. The SMILES string of the molecule is COc1cc([C@H]2CC(=O)Nc3ncnn32)ccc1OCC(N)=O. The maximum Gasteiger partial charge on any atom is 0.255 e. The molecule has 0 radical (unpaired) electrons. The van der Waals surface area contributed by atoms with E-state index in [1.54, 1.807) is 22.9 Å². The zero-order valence-corrected chi connectivity index (χ0v) is 12.4. The number of hydrogen-bond acceptors (Lipinski definition) is 6. The number of carbonyl (C=O) groups is 2. The van der Waals surface area contributed by atoms with Crippen LogP contribution in [0.25, 0.3) is 0 Å². The molecule has 1 aromatic heterocycles. The second-order valence-electron chi connectivity index (χ2n) is 4.96. The van der Waals surface area contributed by atoms with E-state index in [4.69, 9.17) is 15.2 Å². The fourth-order valence-electron chi connectivity index (χ4n) is 2.42. The van der Waals surface area contributed by atoms with Gasteiger partial charge in [0.15, 0.2) is 18.1 Å². The summed E-state index contributed by atoms with van der Waals surface area (Å²) < 4.78 is 12.2. The fourth-order valence-corrected chi connectivity index (χ4v) is 2.42. The number of nitrogens with two attached hydrogens (primary N) is 1. The van der Waals surface area contributed by atoms with Gasteiger partial charge in [0.1, 0.15) is 6.33 Å². The number of nitrogens with zero attached hydrogens (tertiary/aromatic N) is 3. The molecule has 3 N–H and O–H groups in total. The molecule has 120 valence electrons. The number of methoxy groups -OCH3 is 1. The molecule has 1 aliphatic rings. The molecule has 2 aromatic rings. The Hall–Kier alpha value is -3.10. The van der Waals surface area contributed by atoms with Gasteiger partial charge in [-0.25, -0.2) is 4.68 Å². The minimum Gasteiger partial charge on any atom is -0.493 e. The predicted octanol–water partition coefficient (Wildman–Crippen LogP) is 0.0824. The number of amides is 2. The van der Waals surface area contributed by atoms with Crippen molar-refractivity contribution in [1.29, 1.82) is 0 Å². The van der Waals surface area contributed by atoms with Crippen LogP contribution in [-0.2, 0) is 9.59 Å². The number of primary amides is 1. The van der Waals surface area contributed by atoms with Crippen molar-refractivity contribution >= 4 is 17.8 Å². The number of nitrogens with one attached hydrogen (secondary N) is 1. The van der Waals surface area contributed by atoms with Crippen molar-refractivity contribution in [2.45, 2.75) is 12.5 Å². The molecular weight excluding hydrogens is 302 g/mol. The topological polar surface area (TPSA) is 121 Å². The molecule has 0 saturated carbocycles. The van der Waals surface area contributed by atoms with Crippen LogP contribution >= 0.6 is 0 Å². The largest absolute Gasteiger partial charge is 0.493 e. The van der Waals surface area contributed by atoms with Crippen LogP contribution in [0.3, 0.4) is 0 Å². The van der Waals surface area contributed by atoms with Crippen molar-refractivity contribution < 1.29 is 19.1 Å². The Balaban J connectivity index is 1.92. The van der Waals surface area contributed by atoms with Gasteiger partial charge in [0.2, 0.25) is 11.9 Å². The van der Waals surface area contributed by atoms with Crippen molar-refractivity contribution in [2.24, 2.45) is 5.73 Å². The highest BCUT2D eigenvalue weighted by molar-refractivity contribution is 5.91. The average Bonchev–Trinajstić information content (AvgIpc) is 3.00. The standard InChI is InChI=1S/C14H15N5O4/c1-22-11-4-8(2-3-10(11)23-6-12(15)20)9-5-13(21)18-14-16-7-17-19(9)14/h2-4,7,9H,5-6H2,1H3,(H2,15,20)(H,16,17,18,21)/t9-/m1/s1. The number of hydrogen-bond donors (Lipinski definition) is 2. The van der Waals surface area contributed by atoms with Gasteiger partial charge in [-0.2, -0.15) is 10.1 Å². The van der Waals surface area contributed by atoms with Crippen LogP contribution in [0.4, 0.5) is 5.95 Å². The van der Waals surface area contributed by atoms with E-state index in [0.717, 1.165) is 5.56 Å². The van der Waals surface area contributed by atoms with E-state index in [9.17, 15) is 9.59 Å². The minimum atomic E-state index is -0.577. The third-order valence-corrected chi connectivity index (χ3v) is 3.44. The molecule has 9 heteroatoms. The van der Waals surface area contributed by atoms with E-state index in [1.807, 2.05) is 0 Å². The highest BCUT2D eigenvalue weighted by Gasteiger charge is 2.28. The first-order valence-electron chi connectivity index (χ1n) is 6.87. The molecule has 0 spiro atoms. The Morgan fingerprint density at radius 1 is 1.48 bits per heavy atom. The number of carbonyl (C=O) groups excluding carboxylic acids is 2. The second kappa shape index (κ2) is 5.95. The molecule has 9 nitrogen and oxygen atoms in total. The highest BCUT2D eigenvalue weighted by atomic mass is 16.5. The number of benzene rings is 1. The summed E-state index contributed by atoms with van der Waals surface area (Å²) in [5, 5.41) is 6.80. The minimum absolute atomic E-state index is 0.136. The van der Waals surface area contributed by atoms with Crippen LogP contribution in [-0.4, -0.2) is 40.3 Å². The Bertz CT molecular complexity index is 757. The lowest BCUT2D eigenvalue weighted by atomic mass is 10.0. The fraction of sp³-hybridized carbons (Fsp3) is 0.286. The van der Waals surface area contributed by atoms with E-state index in [0.29, 0.717) is 17.4 Å². The number of anilines is 1. The van der Waals surface area contributed by atoms with Crippen molar-refractivity contribution in [2.75, 3.05) is 19.0 Å². The van der Waals surface area contributed by atoms with Crippen LogP contribution in [0.15, 0.2) is 24.5 Å². The number of aromatic nitrogens is 3. The molecule has 0 bridgehead atoms. The maximum atomic E-state index is 11.8. The van der Waals surface area contributed by atoms with Crippen molar-refractivity contribution in [3.05, 3.63) is 30.1 Å². The molecule has 0 unspecified atom stereocenters. The molecule has 2 heterocycles. The zero-order valence-electron chi connectivity index (χ0n) is 12.4. The van der Waals surface area contributed by atoms with Gasteiger partial charge in [0, 0.05) is 0 Å². The van der Waals surface area contributed by atoms with Crippen LogP contribution in [0.2, 0.25) is 0 Å². The van der Waals surface area contributed by atoms with Crippen LogP contribution < -0.4 is 20.5 Å². The lowest BCUT2D eigenvalue weighted by Crippen LogP contribution is -2.29. The number of fused-ring (bicyclic) bond motifs is 1. The van der Waals surface area contributed by atoms with Crippen molar-refractivity contribution in [3.8, 4) is 11.5 Å². The molecule has 2 amide bonds. The quantitative estimate of drug-likeness (QED) is 0.805. The first-order valence-corrected chi connectivity index (χ1v) is 6.87. The van der Waals surface area contributed by atoms with Gasteiger partial charge in [-0.3, -0.25) is 14.9 Å². The van der Waals surface area contributed by atoms with Gasteiger partial charge in [-0.15, -0.1) is 0 Å². The predicted molar refractivity (Wildman–Crippen MR) is 79.1 cm³/mol. The van der Waals surface area contributed by atoms with Crippen LogP contribution in [0.5, 0.6) is 11.5 Å². The van der Waals surface area contributed by atoms with E-state index < -0.39 is 5.91 Å². The van der Waals surface area contributed by atoms with Gasteiger partial charge >= 0.3 is 0 Å². The summed E-state index contributed by atoms with van der Waals surface area (Å²) in [4.78, 5) is 26.6. The normalized spacial score (nSPS) is 16.4. The number of rotatable bonds is 5. The average molecular weight is 317 g/mol. The molecule has 23 heavy (non-hydrogen) atoms. The first-order chi connectivity index (χ1) is 11.1. The molecular formula is C14H15N5O4. The van der Waals surface area contributed by atoms with E-state index in [-0.39, 0.29) is 25.0 Å². The lowest BCUT2D eigenvalue weighted by molar-refractivity contribution is -0.120. The Morgan fingerprint density at radius 2 is 2.30 bits per heavy atom. The van der Waals surface area contributed by atoms with Crippen molar-refractivity contribution in [1.82, 2.24) is 14.8 Å². The molecule has 0 fully saturated rings. The van der Waals surface area contributed by atoms with Crippen LogP contribution in [0.1, 0.15) is 18.0 Å². The molecule has 0 aliphatic carbocycles. The van der Waals surface area contributed by atoms with Gasteiger partial charge in [-0.05, 0) is 17.7 Å². The maximum absolute atomic E-state index is 11.8. The molecule has 1 atom stereocenters. The van der Waals surface area contributed by atoms with Gasteiger partial charge in [0.05, 0.1) is 19.6 Å². The molecule has 3 rings (SSSR count). The summed E-state index contributed by atoms with van der Waals surface area (Å²) in [6, 6.07) is 4.90. The van der Waals surface area contributed by atoms with E-state index in [2.05, 4.69) is 15.4 Å². The van der Waals surface area contributed by atoms with Crippen molar-refractivity contribution in [3.63, 3.8) is 0 Å². The first kappa shape index (κ1) is 14.8. The lowest BCUT2D eigenvalue weighted by Gasteiger charge is -2.24. The van der Waals surface area contributed by atoms with Crippen LogP contribution in [0, 0.1) is 0 Å². The third-order valence-electron chi connectivity index (χ3n) is 3.44. The second-order valence-corrected chi connectivity index (χ2v) is 4.96. The summed E-state index contributed by atoms with van der Waals surface area (Å²) in [6.07, 6.45) is 1.62. The molecule has 1 aliphatic heterocycles. The summed E-state index contributed by atoms with van der Waals surface area (Å²) in [7, 11) is 1.49. The zero-order chi connectivity index (χ0) is 16.4. The smallest absolute Gasteiger partial charge is 0.255 e. The van der Waals surface area contributed by atoms with Gasteiger partial charge in [-0.1, -0.05) is 6.07 Å². The van der Waals surface area contributed by atoms with Gasteiger partial charge < -0.3 is 15.2 Å². The third kappa shape index (κ3) is 2.93. The highest BCUT2D eigenvalue weighted by Crippen LogP contribution is 2.34. The summed E-state index contributed by atoms with van der Waals surface area (Å²) in [5.41, 5.74) is 5.88. The molecule has 0 saturated heterocycles. The van der Waals surface area contributed by atoms with Gasteiger partial charge in [0.25, 0.3) is 5.91 Å². The number of ether oxygens (including phenoxy) is 2. The molecule has 1 aromatic carbocycles. The van der Waals surface area contributed by atoms with E-state index >= 15 is 0 Å². The van der Waals surface area contributed by atoms with E-state index in [1.165, 1.54) is 13.4 Å². The summed E-state index contributed by atoms with van der Waals surface area (Å²) in [6.45, 7) is -0.241. The Morgan fingerprint density at radius 3 is 3.04 bits per heavy atom.